The Bertz CT molecular complexity index is 338. The Morgan fingerprint density at radius 1 is 1.57 bits per heavy atom. The minimum absolute atomic E-state index is 0.220. The standard InChI is InChI=1S/C12H17NS/c1-9-6-12(14-8-9)11(13)7-10-4-2-3-5-10/h4,6,8,11H,2-3,5,7,13H2,1H3. The molecule has 1 unspecified atom stereocenters. The maximum atomic E-state index is 6.16. The lowest BCUT2D eigenvalue weighted by Gasteiger charge is -2.09. The average molecular weight is 207 g/mol. The minimum Gasteiger partial charge on any atom is -0.323 e. The third-order valence-corrected chi connectivity index (χ3v) is 3.92. The lowest BCUT2D eigenvalue weighted by atomic mass is 10.1. The van der Waals surface area contributed by atoms with Gasteiger partial charge in [0.1, 0.15) is 0 Å². The molecule has 0 spiro atoms. The molecule has 1 aliphatic rings. The quantitative estimate of drug-likeness (QED) is 0.754. The van der Waals surface area contributed by atoms with Gasteiger partial charge in [0.25, 0.3) is 0 Å². The molecule has 2 heteroatoms. The molecule has 1 atom stereocenters. The molecular weight excluding hydrogens is 190 g/mol. The topological polar surface area (TPSA) is 26.0 Å². The maximum Gasteiger partial charge on any atom is 0.0427 e. The fraction of sp³-hybridized carbons (Fsp3) is 0.500. The molecule has 0 amide bonds. The third-order valence-electron chi connectivity index (χ3n) is 2.73. The monoisotopic (exact) mass is 207 g/mol. The summed E-state index contributed by atoms with van der Waals surface area (Å²) in [7, 11) is 0. The third kappa shape index (κ3) is 2.25. The first-order chi connectivity index (χ1) is 6.75. The minimum atomic E-state index is 0.220. The van der Waals surface area contributed by atoms with Gasteiger partial charge in [-0.05, 0) is 49.6 Å². The number of allylic oxidation sites excluding steroid dienone is 1. The zero-order valence-electron chi connectivity index (χ0n) is 8.62. The van der Waals surface area contributed by atoms with Crippen LogP contribution in [-0.4, -0.2) is 0 Å². The number of hydrogen-bond acceptors (Lipinski definition) is 2. The van der Waals surface area contributed by atoms with Crippen molar-refractivity contribution in [2.24, 2.45) is 5.73 Å². The fourth-order valence-corrected chi connectivity index (χ4v) is 2.86. The molecule has 14 heavy (non-hydrogen) atoms. The highest BCUT2D eigenvalue weighted by atomic mass is 32.1. The Labute approximate surface area is 89.6 Å². The second kappa shape index (κ2) is 4.28. The zero-order valence-corrected chi connectivity index (χ0v) is 9.44. The number of nitrogens with two attached hydrogens (primary N) is 1. The lowest BCUT2D eigenvalue weighted by Crippen LogP contribution is -2.08. The van der Waals surface area contributed by atoms with E-state index < -0.39 is 0 Å². The van der Waals surface area contributed by atoms with Gasteiger partial charge in [-0.3, -0.25) is 0 Å². The number of aryl methyl sites for hydroxylation is 1. The predicted octanol–water partition coefficient (Wildman–Crippen LogP) is 3.56. The lowest BCUT2D eigenvalue weighted by molar-refractivity contribution is 0.709. The molecule has 1 heterocycles. The molecular formula is C12H17NS. The molecule has 1 aliphatic carbocycles. The Kier molecular flexibility index (Phi) is 3.04. The van der Waals surface area contributed by atoms with Gasteiger partial charge < -0.3 is 5.73 Å². The van der Waals surface area contributed by atoms with E-state index in [1.54, 1.807) is 16.9 Å². The highest BCUT2D eigenvalue weighted by Crippen LogP contribution is 2.29. The summed E-state index contributed by atoms with van der Waals surface area (Å²) in [6, 6.07) is 2.43. The zero-order chi connectivity index (χ0) is 9.97. The van der Waals surface area contributed by atoms with Gasteiger partial charge in [0.2, 0.25) is 0 Å². The summed E-state index contributed by atoms with van der Waals surface area (Å²) < 4.78 is 0. The molecule has 1 nitrogen and oxygen atoms in total. The summed E-state index contributed by atoms with van der Waals surface area (Å²) in [4.78, 5) is 1.33. The number of hydrogen-bond donors (Lipinski definition) is 1. The van der Waals surface area contributed by atoms with E-state index in [0.29, 0.717) is 0 Å². The smallest absolute Gasteiger partial charge is 0.0427 e. The van der Waals surface area contributed by atoms with Crippen LogP contribution in [0, 0.1) is 6.92 Å². The van der Waals surface area contributed by atoms with Gasteiger partial charge >= 0.3 is 0 Å². The number of thiophene rings is 1. The van der Waals surface area contributed by atoms with E-state index in [9.17, 15) is 0 Å². The van der Waals surface area contributed by atoms with Gasteiger partial charge in [0.05, 0.1) is 0 Å². The second-order valence-electron chi connectivity index (χ2n) is 4.09. The molecule has 0 saturated heterocycles. The fourth-order valence-electron chi connectivity index (χ4n) is 1.95. The predicted molar refractivity (Wildman–Crippen MR) is 62.5 cm³/mol. The molecule has 0 radical (unpaired) electrons. The molecule has 76 valence electrons. The van der Waals surface area contributed by atoms with Crippen LogP contribution in [0.25, 0.3) is 0 Å². The summed E-state index contributed by atoms with van der Waals surface area (Å²) in [6.45, 7) is 2.13. The van der Waals surface area contributed by atoms with Gasteiger partial charge in [0.15, 0.2) is 0 Å². The maximum absolute atomic E-state index is 6.16. The Morgan fingerprint density at radius 3 is 3.00 bits per heavy atom. The van der Waals surface area contributed by atoms with E-state index in [2.05, 4.69) is 24.4 Å². The molecule has 2 N–H and O–H groups in total. The molecule has 0 aromatic carbocycles. The Hall–Kier alpha value is -0.600. The van der Waals surface area contributed by atoms with Crippen molar-refractivity contribution in [3.8, 4) is 0 Å². The van der Waals surface area contributed by atoms with Crippen LogP contribution in [0.3, 0.4) is 0 Å². The van der Waals surface area contributed by atoms with Crippen molar-refractivity contribution in [2.45, 2.75) is 38.6 Å². The first kappa shape index (κ1) is 9.94. The Balaban J connectivity index is 1.98. The Morgan fingerprint density at radius 2 is 2.43 bits per heavy atom. The van der Waals surface area contributed by atoms with Crippen LogP contribution in [0.2, 0.25) is 0 Å². The largest absolute Gasteiger partial charge is 0.323 e. The molecule has 0 bridgehead atoms. The van der Waals surface area contributed by atoms with E-state index in [1.807, 2.05) is 0 Å². The van der Waals surface area contributed by atoms with Crippen molar-refractivity contribution in [2.75, 3.05) is 0 Å². The summed E-state index contributed by atoms with van der Waals surface area (Å²) >= 11 is 1.79. The van der Waals surface area contributed by atoms with Crippen molar-refractivity contribution in [1.82, 2.24) is 0 Å². The normalized spacial score (nSPS) is 18.3. The summed E-state index contributed by atoms with van der Waals surface area (Å²) in [5.41, 5.74) is 9.05. The highest BCUT2D eigenvalue weighted by molar-refractivity contribution is 7.10. The van der Waals surface area contributed by atoms with Crippen LogP contribution in [0.5, 0.6) is 0 Å². The van der Waals surface area contributed by atoms with E-state index in [-0.39, 0.29) is 6.04 Å². The highest BCUT2D eigenvalue weighted by Gasteiger charge is 2.12. The van der Waals surface area contributed by atoms with E-state index in [4.69, 9.17) is 5.73 Å². The van der Waals surface area contributed by atoms with Crippen LogP contribution >= 0.6 is 11.3 Å². The van der Waals surface area contributed by atoms with Crippen LogP contribution in [-0.2, 0) is 0 Å². The number of rotatable bonds is 3. The van der Waals surface area contributed by atoms with E-state index >= 15 is 0 Å². The van der Waals surface area contributed by atoms with Gasteiger partial charge in [-0.1, -0.05) is 11.6 Å². The van der Waals surface area contributed by atoms with Crippen molar-refractivity contribution in [1.29, 1.82) is 0 Å². The van der Waals surface area contributed by atoms with Crippen molar-refractivity contribution in [3.63, 3.8) is 0 Å². The van der Waals surface area contributed by atoms with Crippen LogP contribution in [0.15, 0.2) is 23.1 Å². The molecule has 0 fully saturated rings. The van der Waals surface area contributed by atoms with Crippen molar-refractivity contribution < 1.29 is 0 Å². The summed E-state index contributed by atoms with van der Waals surface area (Å²) in [5.74, 6) is 0. The second-order valence-corrected chi connectivity index (χ2v) is 5.03. The van der Waals surface area contributed by atoms with Crippen molar-refractivity contribution in [3.05, 3.63) is 33.5 Å². The average Bonchev–Trinajstić information content (AvgIpc) is 2.75. The van der Waals surface area contributed by atoms with E-state index in [0.717, 1.165) is 6.42 Å². The van der Waals surface area contributed by atoms with Gasteiger partial charge in [0, 0.05) is 10.9 Å². The van der Waals surface area contributed by atoms with E-state index in [1.165, 1.54) is 29.7 Å². The first-order valence-electron chi connectivity index (χ1n) is 5.24. The van der Waals surface area contributed by atoms with Crippen LogP contribution in [0.4, 0.5) is 0 Å². The molecule has 2 rings (SSSR count). The van der Waals surface area contributed by atoms with Gasteiger partial charge in [-0.25, -0.2) is 0 Å². The molecule has 0 saturated carbocycles. The van der Waals surface area contributed by atoms with Crippen LogP contribution in [0.1, 0.15) is 42.2 Å². The summed E-state index contributed by atoms with van der Waals surface area (Å²) in [5, 5.41) is 2.18. The van der Waals surface area contributed by atoms with Gasteiger partial charge in [-0.15, -0.1) is 11.3 Å². The molecule has 1 aromatic heterocycles. The molecule has 0 aliphatic heterocycles. The SMILES string of the molecule is Cc1csc(C(N)CC2=CCCC2)c1. The van der Waals surface area contributed by atoms with Crippen LogP contribution < -0.4 is 5.73 Å². The van der Waals surface area contributed by atoms with Crippen molar-refractivity contribution >= 4 is 11.3 Å². The van der Waals surface area contributed by atoms with Gasteiger partial charge in [-0.2, -0.15) is 0 Å². The molecule has 1 aromatic rings. The summed E-state index contributed by atoms with van der Waals surface area (Å²) in [6.07, 6.45) is 7.26. The first-order valence-corrected chi connectivity index (χ1v) is 6.12.